The van der Waals surface area contributed by atoms with Crippen molar-refractivity contribution >= 4 is 29.3 Å². The molecule has 2 aliphatic heterocycles. The number of carbonyl (C=O) groups is 1. The van der Waals surface area contributed by atoms with Crippen LogP contribution in [0.4, 0.5) is 0 Å². The Morgan fingerprint density at radius 3 is 2.76 bits per heavy atom. The molecule has 0 spiro atoms. The number of amides is 1. The second kappa shape index (κ2) is 7.75. The van der Waals surface area contributed by atoms with Crippen molar-refractivity contribution in [3.63, 3.8) is 0 Å². The topological polar surface area (TPSA) is 73.6 Å². The van der Waals surface area contributed by atoms with Gasteiger partial charge >= 0.3 is 0 Å². The van der Waals surface area contributed by atoms with Gasteiger partial charge in [0, 0.05) is 22.9 Å². The Morgan fingerprint density at radius 1 is 1.34 bits per heavy atom. The third-order valence-electron chi connectivity index (χ3n) is 5.19. The van der Waals surface area contributed by atoms with E-state index in [1.165, 1.54) is 16.7 Å². The fourth-order valence-electron chi connectivity index (χ4n) is 3.83. The van der Waals surface area contributed by atoms with Gasteiger partial charge in [-0.15, -0.1) is 11.8 Å². The van der Waals surface area contributed by atoms with E-state index in [-0.39, 0.29) is 24.0 Å². The summed E-state index contributed by atoms with van der Waals surface area (Å²) >= 11 is 7.44. The summed E-state index contributed by atoms with van der Waals surface area (Å²) in [5.74, 6) is 0.373. The van der Waals surface area contributed by atoms with E-state index >= 15 is 0 Å². The van der Waals surface area contributed by atoms with Crippen molar-refractivity contribution in [2.24, 2.45) is 0 Å². The second-order valence-corrected chi connectivity index (χ2v) is 8.33. The maximum atomic E-state index is 13.1. The first-order valence-corrected chi connectivity index (χ1v) is 10.7. The lowest BCUT2D eigenvalue weighted by Crippen LogP contribution is -2.48. The third kappa shape index (κ3) is 3.40. The summed E-state index contributed by atoms with van der Waals surface area (Å²) in [6.45, 7) is 2.45. The van der Waals surface area contributed by atoms with Gasteiger partial charge in [-0.25, -0.2) is 0 Å². The number of thioether (sulfide) groups is 1. The lowest BCUT2D eigenvalue weighted by atomic mass is 9.85. The lowest BCUT2D eigenvalue weighted by molar-refractivity contribution is -0.149. The molecule has 0 unspecified atom stereocenters. The van der Waals surface area contributed by atoms with Gasteiger partial charge in [-0.2, -0.15) is 5.26 Å². The smallest absolute Gasteiger partial charge is 0.231 e. The molecule has 0 aromatic heterocycles. The predicted octanol–water partition coefficient (Wildman–Crippen LogP) is 4.38. The highest BCUT2D eigenvalue weighted by Gasteiger charge is 2.51. The summed E-state index contributed by atoms with van der Waals surface area (Å²) in [5, 5.41) is 22.4. The van der Waals surface area contributed by atoms with Crippen LogP contribution < -0.4 is 4.74 Å². The van der Waals surface area contributed by atoms with Crippen LogP contribution in [-0.2, 0) is 10.5 Å². The van der Waals surface area contributed by atoms with E-state index in [0.29, 0.717) is 33.5 Å². The molecule has 4 rings (SSSR count). The Hall–Kier alpha value is -2.46. The molecule has 7 heteroatoms. The summed E-state index contributed by atoms with van der Waals surface area (Å²) in [5.41, 5.74) is 0.407. The number of carbonyl (C=O) groups excluding carboxylic acids is 1. The van der Waals surface area contributed by atoms with Gasteiger partial charge in [0.2, 0.25) is 5.91 Å². The van der Waals surface area contributed by atoms with Crippen LogP contribution in [0.15, 0.2) is 59.1 Å². The monoisotopic (exact) mass is 426 g/mol. The average molecular weight is 427 g/mol. The van der Waals surface area contributed by atoms with Crippen LogP contribution >= 0.6 is 23.4 Å². The van der Waals surface area contributed by atoms with E-state index in [2.05, 4.69) is 6.07 Å². The quantitative estimate of drug-likeness (QED) is 0.785. The molecular formula is C22H19ClN2O3S. The standard InChI is InChI=1S/C22H19ClN2O3S/c1-2-28-17-8-6-15(7-9-17)22(27)13-29-21-19(12-24)18(11-20(26)25(21)22)14-4-3-5-16(23)10-14/h3-10,18,27H,2,11,13H2,1H3/t18-,22-/m1/s1. The van der Waals surface area contributed by atoms with Gasteiger partial charge in [-0.3, -0.25) is 9.69 Å². The molecule has 2 aliphatic rings. The number of hydrogen-bond acceptors (Lipinski definition) is 5. The van der Waals surface area contributed by atoms with Crippen molar-refractivity contribution < 1.29 is 14.6 Å². The molecule has 148 valence electrons. The van der Waals surface area contributed by atoms with E-state index in [1.54, 1.807) is 36.4 Å². The molecule has 1 amide bonds. The number of allylic oxidation sites excluding steroid dienone is 1. The number of rotatable bonds is 4. The molecule has 0 aliphatic carbocycles. The number of hydrogen-bond donors (Lipinski definition) is 1. The number of benzene rings is 2. The van der Waals surface area contributed by atoms with E-state index in [9.17, 15) is 15.2 Å². The summed E-state index contributed by atoms with van der Waals surface area (Å²) in [6, 6.07) is 16.6. The molecule has 29 heavy (non-hydrogen) atoms. The van der Waals surface area contributed by atoms with Crippen LogP contribution in [0.25, 0.3) is 0 Å². The van der Waals surface area contributed by atoms with Crippen molar-refractivity contribution in [3.8, 4) is 11.8 Å². The third-order valence-corrected chi connectivity index (χ3v) is 6.65. The molecule has 0 bridgehead atoms. The first-order chi connectivity index (χ1) is 14.0. The summed E-state index contributed by atoms with van der Waals surface area (Å²) < 4.78 is 5.46. The number of aliphatic hydroxyl groups is 1. The Kier molecular flexibility index (Phi) is 5.30. The van der Waals surface area contributed by atoms with Crippen molar-refractivity contribution in [1.29, 1.82) is 5.26 Å². The number of nitriles is 1. The van der Waals surface area contributed by atoms with Gasteiger partial charge < -0.3 is 9.84 Å². The van der Waals surface area contributed by atoms with Crippen molar-refractivity contribution in [1.82, 2.24) is 4.90 Å². The SMILES string of the molecule is CCOc1ccc([C@]2(O)CSC3=C(C#N)[C@@H](c4cccc(Cl)c4)CC(=O)N32)cc1. The highest BCUT2D eigenvalue weighted by atomic mass is 35.5. The van der Waals surface area contributed by atoms with Gasteiger partial charge in [0.1, 0.15) is 5.75 Å². The minimum Gasteiger partial charge on any atom is -0.494 e. The number of fused-ring (bicyclic) bond motifs is 1. The second-order valence-electron chi connectivity index (χ2n) is 6.93. The molecule has 2 heterocycles. The Labute approximate surface area is 178 Å². The van der Waals surface area contributed by atoms with Gasteiger partial charge in [-0.1, -0.05) is 35.9 Å². The van der Waals surface area contributed by atoms with Gasteiger partial charge in [0.05, 0.1) is 29.0 Å². The van der Waals surface area contributed by atoms with Crippen LogP contribution in [0, 0.1) is 11.3 Å². The lowest BCUT2D eigenvalue weighted by Gasteiger charge is -2.38. The van der Waals surface area contributed by atoms with Gasteiger partial charge in [-0.05, 0) is 36.8 Å². The van der Waals surface area contributed by atoms with Crippen molar-refractivity contribution in [2.75, 3.05) is 12.4 Å². The van der Waals surface area contributed by atoms with Gasteiger partial charge in [0.25, 0.3) is 0 Å². The molecule has 1 saturated heterocycles. The number of ether oxygens (including phenoxy) is 1. The number of halogens is 1. The van der Waals surface area contributed by atoms with Crippen LogP contribution in [0.3, 0.4) is 0 Å². The Balaban J connectivity index is 1.75. The van der Waals surface area contributed by atoms with E-state index in [4.69, 9.17) is 16.3 Å². The van der Waals surface area contributed by atoms with Crippen LogP contribution in [0.2, 0.25) is 5.02 Å². The molecule has 2 aromatic rings. The Morgan fingerprint density at radius 2 is 2.10 bits per heavy atom. The Bertz CT molecular complexity index is 1030. The van der Waals surface area contributed by atoms with E-state index in [1.807, 2.05) is 19.1 Å². The average Bonchev–Trinajstić information content (AvgIpc) is 3.08. The molecule has 2 atom stereocenters. The molecule has 0 saturated carbocycles. The fraction of sp³-hybridized carbons (Fsp3) is 0.273. The summed E-state index contributed by atoms with van der Waals surface area (Å²) in [6.07, 6.45) is 0.104. The first kappa shape index (κ1) is 19.8. The highest BCUT2D eigenvalue weighted by Crippen LogP contribution is 2.51. The summed E-state index contributed by atoms with van der Waals surface area (Å²) in [4.78, 5) is 14.5. The molecule has 5 nitrogen and oxygen atoms in total. The zero-order chi connectivity index (χ0) is 20.6. The van der Waals surface area contributed by atoms with Crippen LogP contribution in [0.5, 0.6) is 5.75 Å². The zero-order valence-corrected chi connectivity index (χ0v) is 17.3. The maximum Gasteiger partial charge on any atom is 0.231 e. The minimum atomic E-state index is -1.50. The first-order valence-electron chi connectivity index (χ1n) is 9.29. The van der Waals surface area contributed by atoms with E-state index < -0.39 is 5.72 Å². The van der Waals surface area contributed by atoms with Crippen LogP contribution in [0.1, 0.15) is 30.4 Å². The minimum absolute atomic E-state index is 0.104. The fourth-order valence-corrected chi connectivity index (χ4v) is 5.39. The maximum absolute atomic E-state index is 13.1. The molecule has 1 N–H and O–H groups in total. The number of nitrogens with zero attached hydrogens (tertiary/aromatic N) is 2. The van der Waals surface area contributed by atoms with Crippen LogP contribution in [-0.4, -0.2) is 28.3 Å². The normalized spacial score (nSPS) is 23.7. The summed E-state index contributed by atoms with van der Waals surface area (Å²) in [7, 11) is 0. The molecule has 1 fully saturated rings. The molecular weight excluding hydrogens is 408 g/mol. The van der Waals surface area contributed by atoms with Crippen molar-refractivity contribution in [2.45, 2.75) is 25.0 Å². The van der Waals surface area contributed by atoms with Crippen molar-refractivity contribution in [3.05, 3.63) is 75.3 Å². The van der Waals surface area contributed by atoms with E-state index in [0.717, 1.165) is 5.56 Å². The molecule has 2 aromatic carbocycles. The predicted molar refractivity (Wildman–Crippen MR) is 112 cm³/mol. The highest BCUT2D eigenvalue weighted by molar-refractivity contribution is 8.03. The largest absolute Gasteiger partial charge is 0.494 e. The molecule has 0 radical (unpaired) electrons. The zero-order valence-electron chi connectivity index (χ0n) is 15.8. The van der Waals surface area contributed by atoms with Gasteiger partial charge in [0.15, 0.2) is 5.72 Å².